The van der Waals surface area contributed by atoms with E-state index in [1.165, 1.54) is 79.0 Å². The molecule has 0 bridgehead atoms. The normalized spacial score (nSPS) is 11.8. The van der Waals surface area contributed by atoms with Crippen LogP contribution in [0.25, 0.3) is 79.0 Å². The maximum absolute atomic E-state index is 2.45. The van der Waals surface area contributed by atoms with Crippen molar-refractivity contribution in [3.8, 4) is 16.8 Å². The van der Waals surface area contributed by atoms with E-state index in [4.69, 9.17) is 0 Å². The zero-order chi connectivity index (χ0) is 34.2. The van der Waals surface area contributed by atoms with Gasteiger partial charge in [0, 0.05) is 63.5 Å². The third-order valence-electron chi connectivity index (χ3n) is 10.4. The lowest BCUT2D eigenvalue weighted by Crippen LogP contribution is -2.10. The molecule has 11 aromatic rings. The van der Waals surface area contributed by atoms with Crippen molar-refractivity contribution in [2.45, 2.75) is 0 Å². The Morgan fingerprint density at radius 1 is 0.365 bits per heavy atom. The van der Waals surface area contributed by atoms with Crippen LogP contribution in [0.4, 0.5) is 17.1 Å². The average Bonchev–Trinajstić information content (AvgIpc) is 3.88. The van der Waals surface area contributed by atoms with E-state index in [0.29, 0.717) is 0 Å². The van der Waals surface area contributed by atoms with Crippen LogP contribution >= 0.6 is 22.7 Å². The first-order valence-corrected chi connectivity index (χ1v) is 19.2. The average molecular weight is 699 g/mol. The van der Waals surface area contributed by atoms with E-state index in [0.717, 1.165) is 17.1 Å². The van der Waals surface area contributed by atoms with Crippen LogP contribution in [0.1, 0.15) is 0 Å². The van der Waals surface area contributed by atoms with Crippen molar-refractivity contribution in [2.24, 2.45) is 0 Å². The predicted molar refractivity (Wildman–Crippen MR) is 227 cm³/mol. The summed E-state index contributed by atoms with van der Waals surface area (Å²) < 4.78 is 7.63. The minimum absolute atomic E-state index is 1.13. The summed E-state index contributed by atoms with van der Waals surface area (Å²) >= 11 is 3.74. The fourth-order valence-electron chi connectivity index (χ4n) is 8.00. The highest BCUT2D eigenvalue weighted by Crippen LogP contribution is 2.46. The van der Waals surface area contributed by atoms with Crippen LogP contribution in [0.15, 0.2) is 182 Å². The minimum atomic E-state index is 1.13. The maximum atomic E-state index is 2.45. The second-order valence-corrected chi connectivity index (χ2v) is 15.5. The Morgan fingerprint density at radius 2 is 0.981 bits per heavy atom. The molecule has 0 N–H and O–H groups in total. The van der Waals surface area contributed by atoms with Gasteiger partial charge in [0.25, 0.3) is 0 Å². The summed E-state index contributed by atoms with van der Waals surface area (Å²) in [5.74, 6) is 0. The highest BCUT2D eigenvalue weighted by molar-refractivity contribution is 7.26. The van der Waals surface area contributed by atoms with Gasteiger partial charge in [0.15, 0.2) is 0 Å². The number of para-hydroxylation sites is 2. The van der Waals surface area contributed by atoms with Gasteiger partial charge < -0.3 is 9.47 Å². The van der Waals surface area contributed by atoms with Gasteiger partial charge >= 0.3 is 0 Å². The van der Waals surface area contributed by atoms with Crippen molar-refractivity contribution in [1.29, 1.82) is 0 Å². The van der Waals surface area contributed by atoms with Gasteiger partial charge in [-0.1, -0.05) is 103 Å². The predicted octanol–water partition coefficient (Wildman–Crippen LogP) is 14.7. The highest BCUT2D eigenvalue weighted by atomic mass is 32.1. The van der Waals surface area contributed by atoms with Crippen LogP contribution in [0.2, 0.25) is 0 Å². The van der Waals surface area contributed by atoms with Crippen molar-refractivity contribution in [2.75, 3.05) is 4.90 Å². The summed E-state index contributed by atoms with van der Waals surface area (Å²) in [5.41, 5.74) is 9.45. The lowest BCUT2D eigenvalue weighted by Gasteiger charge is -2.26. The molecule has 0 fully saturated rings. The van der Waals surface area contributed by atoms with Gasteiger partial charge in [-0.15, -0.1) is 22.7 Å². The first-order valence-electron chi connectivity index (χ1n) is 17.6. The fraction of sp³-hybridized carbons (Fsp3) is 0. The van der Waals surface area contributed by atoms with E-state index in [2.05, 4.69) is 191 Å². The summed E-state index contributed by atoms with van der Waals surface area (Å²) in [6, 6.07) is 66.7. The van der Waals surface area contributed by atoms with Crippen LogP contribution in [0.3, 0.4) is 0 Å². The number of fused-ring (bicyclic) bond motifs is 9. The van der Waals surface area contributed by atoms with E-state index in [1.54, 1.807) is 0 Å². The molecule has 3 heterocycles. The molecule has 0 unspecified atom stereocenters. The lowest BCUT2D eigenvalue weighted by molar-refractivity contribution is 1.18. The molecule has 0 spiro atoms. The van der Waals surface area contributed by atoms with Crippen molar-refractivity contribution < 1.29 is 0 Å². The van der Waals surface area contributed by atoms with E-state index in [1.807, 2.05) is 22.7 Å². The van der Waals surface area contributed by atoms with E-state index in [-0.39, 0.29) is 0 Å². The van der Waals surface area contributed by atoms with Crippen LogP contribution in [-0.2, 0) is 0 Å². The molecule has 0 saturated heterocycles. The number of rotatable bonds is 5. The van der Waals surface area contributed by atoms with Crippen LogP contribution in [0, 0.1) is 0 Å². The first-order chi connectivity index (χ1) is 25.8. The quantitative estimate of drug-likeness (QED) is 0.174. The molecular formula is C48H30N2S2. The van der Waals surface area contributed by atoms with Crippen molar-refractivity contribution in [3.63, 3.8) is 0 Å². The Hall–Kier alpha value is -6.20. The molecule has 0 aliphatic heterocycles. The van der Waals surface area contributed by atoms with E-state index >= 15 is 0 Å². The maximum Gasteiger partial charge on any atom is 0.0640 e. The molecule has 8 aromatic carbocycles. The molecule has 2 nitrogen and oxygen atoms in total. The first kappa shape index (κ1) is 29.5. The smallest absolute Gasteiger partial charge is 0.0640 e. The Morgan fingerprint density at radius 3 is 1.81 bits per heavy atom. The molecular weight excluding hydrogens is 669 g/mol. The molecule has 0 radical (unpaired) electrons. The number of hydrogen-bond donors (Lipinski definition) is 0. The van der Waals surface area contributed by atoms with Gasteiger partial charge in [0.2, 0.25) is 0 Å². The van der Waals surface area contributed by atoms with Crippen molar-refractivity contribution in [3.05, 3.63) is 182 Å². The SMILES string of the molecule is c1ccc(-n2c3ccccc3c3cc(N(c4ccc(-c5ccc6sc7ccccc7c6c5)cc4)c4cccc5c4sc4ccccc45)ccc32)cc1. The summed E-state index contributed by atoms with van der Waals surface area (Å²) in [4.78, 5) is 2.45. The largest absolute Gasteiger partial charge is 0.309 e. The summed E-state index contributed by atoms with van der Waals surface area (Å²) in [6.45, 7) is 0. The van der Waals surface area contributed by atoms with Crippen LogP contribution < -0.4 is 4.90 Å². The Labute approximate surface area is 308 Å². The Bertz CT molecular complexity index is 3130. The topological polar surface area (TPSA) is 8.17 Å². The second kappa shape index (κ2) is 11.7. The van der Waals surface area contributed by atoms with E-state index in [9.17, 15) is 0 Å². The molecule has 52 heavy (non-hydrogen) atoms. The molecule has 3 aromatic heterocycles. The molecule has 0 atom stereocenters. The van der Waals surface area contributed by atoms with Crippen molar-refractivity contribution >= 4 is 102 Å². The highest BCUT2D eigenvalue weighted by Gasteiger charge is 2.20. The van der Waals surface area contributed by atoms with Gasteiger partial charge in [-0.3, -0.25) is 0 Å². The molecule has 0 aliphatic rings. The lowest BCUT2D eigenvalue weighted by atomic mass is 10.0. The number of aromatic nitrogens is 1. The Kier molecular flexibility index (Phi) is 6.63. The zero-order valence-corrected chi connectivity index (χ0v) is 29.7. The number of thiophene rings is 2. The van der Waals surface area contributed by atoms with Gasteiger partial charge in [-0.25, -0.2) is 0 Å². The number of nitrogens with zero attached hydrogens (tertiary/aromatic N) is 2. The number of anilines is 3. The summed E-state index contributed by atoms with van der Waals surface area (Å²) in [7, 11) is 0. The molecule has 0 saturated carbocycles. The Balaban J connectivity index is 1.11. The molecule has 0 amide bonds. The molecule has 0 aliphatic carbocycles. The molecule has 4 heteroatoms. The van der Waals surface area contributed by atoms with Gasteiger partial charge in [-0.05, 0) is 90.0 Å². The molecule has 11 rings (SSSR count). The second-order valence-electron chi connectivity index (χ2n) is 13.3. The standard InChI is InChI=1S/C48H30N2S2/c1-2-11-33(12-3-1)50-42-17-7-4-13-36(42)40-30-35(26-27-43(40)50)49(44-18-10-16-39-37-14-5-9-20-46(37)52-48(39)44)34-24-21-31(22-25-34)32-23-28-47-41(29-32)38-15-6-8-19-45(38)51-47/h1-30H. The fourth-order valence-corrected chi connectivity index (χ4v) is 10.3. The summed E-state index contributed by atoms with van der Waals surface area (Å²) in [6.07, 6.45) is 0. The van der Waals surface area contributed by atoms with Gasteiger partial charge in [-0.2, -0.15) is 0 Å². The van der Waals surface area contributed by atoms with Crippen LogP contribution in [-0.4, -0.2) is 4.57 Å². The van der Waals surface area contributed by atoms with Crippen molar-refractivity contribution in [1.82, 2.24) is 4.57 Å². The summed E-state index contributed by atoms with van der Waals surface area (Å²) in [5, 5.41) is 7.72. The third kappa shape index (κ3) is 4.55. The van der Waals surface area contributed by atoms with Crippen LogP contribution in [0.5, 0.6) is 0 Å². The number of hydrogen-bond acceptors (Lipinski definition) is 3. The van der Waals surface area contributed by atoms with Gasteiger partial charge in [0.05, 0.1) is 21.4 Å². The monoisotopic (exact) mass is 698 g/mol. The zero-order valence-electron chi connectivity index (χ0n) is 28.0. The number of benzene rings is 8. The third-order valence-corrected chi connectivity index (χ3v) is 12.7. The van der Waals surface area contributed by atoms with E-state index < -0.39 is 0 Å². The minimum Gasteiger partial charge on any atom is -0.309 e. The molecule has 244 valence electrons. The van der Waals surface area contributed by atoms with Gasteiger partial charge in [0.1, 0.15) is 0 Å².